The van der Waals surface area contributed by atoms with Crippen molar-refractivity contribution in [2.45, 2.75) is 32.6 Å². The largest absolute Gasteiger partial charge is 0.345 e. The van der Waals surface area contributed by atoms with Gasteiger partial charge in [0.05, 0.1) is 0 Å². The third-order valence-corrected chi connectivity index (χ3v) is 7.25. The van der Waals surface area contributed by atoms with E-state index in [1.54, 1.807) is 12.4 Å². The molecule has 0 saturated carbocycles. The van der Waals surface area contributed by atoms with E-state index < -0.39 is 11.8 Å². The van der Waals surface area contributed by atoms with E-state index >= 15 is 0 Å². The van der Waals surface area contributed by atoms with Gasteiger partial charge in [-0.05, 0) is 73.6 Å². The maximum Gasteiger partial charge on any atom is 0.314 e. The highest BCUT2D eigenvalue weighted by Crippen LogP contribution is 2.30. The molecule has 3 amide bonds. The summed E-state index contributed by atoms with van der Waals surface area (Å²) in [7, 11) is 0. The number of hydrogen-bond donors (Lipinski definition) is 3. The van der Waals surface area contributed by atoms with Crippen molar-refractivity contribution in [2.24, 2.45) is 0 Å². The van der Waals surface area contributed by atoms with Crippen LogP contribution in [0.2, 0.25) is 0 Å². The van der Waals surface area contributed by atoms with Gasteiger partial charge in [0.25, 0.3) is 5.91 Å². The number of piperidine rings is 1. The van der Waals surface area contributed by atoms with Gasteiger partial charge in [-0.1, -0.05) is 42.5 Å². The topological polar surface area (TPSA) is 107 Å². The Bertz CT molecular complexity index is 1450. The molecule has 39 heavy (non-hydrogen) atoms. The molecule has 0 unspecified atom stereocenters. The maximum absolute atomic E-state index is 13.0. The van der Waals surface area contributed by atoms with Crippen molar-refractivity contribution in [1.29, 1.82) is 0 Å². The summed E-state index contributed by atoms with van der Waals surface area (Å²) < 4.78 is 0. The van der Waals surface area contributed by atoms with Crippen LogP contribution in [-0.2, 0) is 9.59 Å². The van der Waals surface area contributed by atoms with Crippen LogP contribution in [0.5, 0.6) is 0 Å². The molecule has 1 aromatic heterocycles. The van der Waals surface area contributed by atoms with Gasteiger partial charge in [0.2, 0.25) is 0 Å². The second-order valence-electron chi connectivity index (χ2n) is 9.88. The number of likely N-dealkylation sites (tertiary alicyclic amines) is 1. The first-order chi connectivity index (χ1) is 18.9. The molecule has 0 radical (unpaired) electrons. The van der Waals surface area contributed by atoms with Gasteiger partial charge in [0.15, 0.2) is 0 Å². The Morgan fingerprint density at radius 3 is 2.10 bits per heavy atom. The zero-order valence-corrected chi connectivity index (χ0v) is 22.0. The van der Waals surface area contributed by atoms with Gasteiger partial charge in [-0.3, -0.25) is 14.4 Å². The fourth-order valence-electron chi connectivity index (χ4n) is 5.00. The van der Waals surface area contributed by atoms with Crippen LogP contribution < -0.4 is 10.6 Å². The summed E-state index contributed by atoms with van der Waals surface area (Å²) >= 11 is 0. The molecule has 198 valence electrons. The second-order valence-corrected chi connectivity index (χ2v) is 9.88. The molecule has 3 aromatic carbocycles. The predicted molar refractivity (Wildman–Crippen MR) is 152 cm³/mol. The maximum atomic E-state index is 13.0. The number of H-pyrrole nitrogens is 1. The Kier molecular flexibility index (Phi) is 7.54. The summed E-state index contributed by atoms with van der Waals surface area (Å²) in [5, 5.41) is 5.38. The van der Waals surface area contributed by atoms with Crippen LogP contribution in [-0.4, -0.2) is 45.7 Å². The monoisotopic (exact) mass is 521 g/mol. The summed E-state index contributed by atoms with van der Waals surface area (Å²) in [5.74, 6) is -0.274. The number of rotatable bonds is 5. The average molecular weight is 522 g/mol. The standard InChI is InChI=1S/C31H31N5O3/c1-20-4-3-5-21(2)27(20)35-30(38)29(37)34-26-12-10-22(11-13-26)23-14-18-36(19-15-23)31(39)25-8-6-24(7-9-25)28-32-16-17-33-28/h3-13,16-17,23H,14-15,18-19H2,1-2H3,(H,32,33)(H,34,37)(H,35,38). The minimum Gasteiger partial charge on any atom is -0.345 e. The van der Waals surface area contributed by atoms with Crippen LogP contribution in [0.4, 0.5) is 11.4 Å². The van der Waals surface area contributed by atoms with E-state index in [1.165, 1.54) is 0 Å². The number of nitrogens with one attached hydrogen (secondary N) is 3. The van der Waals surface area contributed by atoms with Crippen LogP contribution in [0, 0.1) is 13.8 Å². The van der Waals surface area contributed by atoms with Gasteiger partial charge in [0, 0.05) is 48.0 Å². The van der Waals surface area contributed by atoms with E-state index in [4.69, 9.17) is 0 Å². The van der Waals surface area contributed by atoms with Crippen LogP contribution in [0.15, 0.2) is 79.1 Å². The molecule has 1 saturated heterocycles. The number of aromatic amines is 1. The number of imidazole rings is 1. The van der Waals surface area contributed by atoms with Gasteiger partial charge < -0.3 is 20.5 Å². The minimum absolute atomic E-state index is 0.0386. The Morgan fingerprint density at radius 1 is 0.846 bits per heavy atom. The quantitative estimate of drug-likeness (QED) is 0.310. The molecule has 1 aliphatic heterocycles. The molecule has 8 heteroatoms. The molecule has 0 atom stereocenters. The molecule has 1 fully saturated rings. The fourth-order valence-corrected chi connectivity index (χ4v) is 5.00. The van der Waals surface area contributed by atoms with Gasteiger partial charge >= 0.3 is 11.8 Å². The molecule has 2 heterocycles. The molecule has 1 aliphatic rings. The lowest BCUT2D eigenvalue weighted by Crippen LogP contribution is -2.37. The molecule has 8 nitrogen and oxygen atoms in total. The van der Waals surface area contributed by atoms with Crippen molar-refractivity contribution in [3.05, 3.63) is 101 Å². The van der Waals surface area contributed by atoms with Gasteiger partial charge in [-0.25, -0.2) is 4.98 Å². The van der Waals surface area contributed by atoms with Gasteiger partial charge in [-0.2, -0.15) is 0 Å². The molecule has 4 aromatic rings. The lowest BCUT2D eigenvalue weighted by atomic mass is 9.89. The first-order valence-corrected chi connectivity index (χ1v) is 13.1. The fraction of sp³-hybridized carbons (Fsp3) is 0.226. The number of carbonyl (C=O) groups is 3. The van der Waals surface area contributed by atoms with E-state index in [0.29, 0.717) is 35.9 Å². The minimum atomic E-state index is -0.714. The summed E-state index contributed by atoms with van der Waals surface area (Å²) in [6, 6.07) is 20.8. The normalized spacial score (nSPS) is 13.6. The number of amides is 3. The summed E-state index contributed by atoms with van der Waals surface area (Å²) in [5.41, 5.74) is 5.78. The second kappa shape index (κ2) is 11.3. The summed E-state index contributed by atoms with van der Waals surface area (Å²) in [4.78, 5) is 47.1. The molecule has 5 rings (SSSR count). The number of para-hydroxylation sites is 1. The third-order valence-electron chi connectivity index (χ3n) is 7.25. The number of benzene rings is 3. The Morgan fingerprint density at radius 2 is 1.49 bits per heavy atom. The Hall–Kier alpha value is -4.72. The number of nitrogens with zero attached hydrogens (tertiary/aromatic N) is 2. The third kappa shape index (κ3) is 5.90. The van der Waals surface area contributed by atoms with Crippen molar-refractivity contribution in [3.63, 3.8) is 0 Å². The molecule has 0 aliphatic carbocycles. The van der Waals surface area contributed by atoms with Crippen LogP contribution in [0.25, 0.3) is 11.4 Å². The summed E-state index contributed by atoms with van der Waals surface area (Å²) in [6.45, 7) is 5.14. The number of aryl methyl sites for hydroxylation is 2. The Labute approximate surface area is 227 Å². The van der Waals surface area contributed by atoms with Crippen molar-refractivity contribution in [2.75, 3.05) is 23.7 Å². The molecule has 3 N–H and O–H groups in total. The number of carbonyl (C=O) groups excluding carboxylic acids is 3. The van der Waals surface area contributed by atoms with Gasteiger partial charge in [0.1, 0.15) is 5.82 Å². The zero-order chi connectivity index (χ0) is 27.4. The predicted octanol–water partition coefficient (Wildman–Crippen LogP) is 5.29. The number of anilines is 2. The lowest BCUT2D eigenvalue weighted by molar-refractivity contribution is -0.133. The van der Waals surface area contributed by atoms with E-state index in [0.717, 1.165) is 40.9 Å². The SMILES string of the molecule is Cc1cccc(C)c1NC(=O)C(=O)Nc1ccc(C2CCN(C(=O)c3ccc(-c4ncc[nH]4)cc3)CC2)cc1. The van der Waals surface area contributed by atoms with Gasteiger partial charge in [-0.15, -0.1) is 0 Å². The molecular formula is C31H31N5O3. The van der Waals surface area contributed by atoms with Crippen molar-refractivity contribution >= 4 is 29.1 Å². The van der Waals surface area contributed by atoms with Crippen LogP contribution in [0.1, 0.15) is 45.8 Å². The highest BCUT2D eigenvalue weighted by Gasteiger charge is 2.25. The van der Waals surface area contributed by atoms with Crippen LogP contribution >= 0.6 is 0 Å². The smallest absolute Gasteiger partial charge is 0.314 e. The van der Waals surface area contributed by atoms with E-state index in [-0.39, 0.29) is 5.91 Å². The van der Waals surface area contributed by atoms with E-state index in [2.05, 4.69) is 20.6 Å². The average Bonchev–Trinajstić information content (AvgIpc) is 3.50. The van der Waals surface area contributed by atoms with Crippen molar-refractivity contribution in [1.82, 2.24) is 14.9 Å². The van der Waals surface area contributed by atoms with Crippen molar-refractivity contribution in [3.8, 4) is 11.4 Å². The molecule has 0 bridgehead atoms. The first-order valence-electron chi connectivity index (χ1n) is 13.1. The van der Waals surface area contributed by atoms with Crippen molar-refractivity contribution < 1.29 is 14.4 Å². The molecular weight excluding hydrogens is 490 g/mol. The highest BCUT2D eigenvalue weighted by atomic mass is 16.2. The number of hydrogen-bond acceptors (Lipinski definition) is 4. The summed E-state index contributed by atoms with van der Waals surface area (Å²) in [6.07, 6.45) is 5.20. The highest BCUT2D eigenvalue weighted by molar-refractivity contribution is 6.43. The van der Waals surface area contributed by atoms with Crippen LogP contribution in [0.3, 0.4) is 0 Å². The van der Waals surface area contributed by atoms with E-state index in [9.17, 15) is 14.4 Å². The first kappa shape index (κ1) is 25.9. The lowest BCUT2D eigenvalue weighted by Gasteiger charge is -2.32. The Balaban J connectivity index is 1.13. The zero-order valence-electron chi connectivity index (χ0n) is 22.0. The van der Waals surface area contributed by atoms with E-state index in [1.807, 2.05) is 85.5 Å². The number of aromatic nitrogens is 2. The molecule has 0 spiro atoms.